The number of carbonyl (C=O) groups is 1. The largest absolute Gasteiger partial charge is 0.477 e. The lowest BCUT2D eigenvalue weighted by Crippen LogP contribution is -2.01. The second kappa shape index (κ2) is 4.29. The molecule has 0 radical (unpaired) electrons. The van der Waals surface area contributed by atoms with Crippen LogP contribution < -0.4 is 5.73 Å². The van der Waals surface area contributed by atoms with E-state index in [1.165, 1.54) is 10.9 Å². The molecule has 0 bridgehead atoms. The predicted octanol–water partition coefficient (Wildman–Crippen LogP) is 1.52. The third-order valence-electron chi connectivity index (χ3n) is 2.45. The number of carboxylic acid groups (broad SMARTS) is 1. The molecule has 2 rings (SSSR count). The van der Waals surface area contributed by atoms with E-state index in [1.807, 2.05) is 31.2 Å². The Balaban J connectivity index is 2.25. The first kappa shape index (κ1) is 11.2. The lowest BCUT2D eigenvalue weighted by atomic mass is 10.1. The van der Waals surface area contributed by atoms with Crippen LogP contribution in [0.15, 0.2) is 30.5 Å². The fraction of sp³-hybridized carbons (Fsp3) is 0.167. The predicted molar refractivity (Wildman–Crippen MR) is 63.9 cm³/mol. The number of hydrogen-bond donors (Lipinski definition) is 2. The highest BCUT2D eigenvalue weighted by molar-refractivity contribution is 5.92. The number of hydrogen-bond acceptors (Lipinski definition) is 3. The molecule has 1 aromatic heterocycles. The molecule has 0 saturated heterocycles. The summed E-state index contributed by atoms with van der Waals surface area (Å²) in [6.45, 7) is 2.52. The van der Waals surface area contributed by atoms with Crippen molar-refractivity contribution in [3.05, 3.63) is 47.2 Å². The summed E-state index contributed by atoms with van der Waals surface area (Å²) in [5.74, 6) is -1.01. The molecule has 0 spiro atoms. The molecule has 0 fully saturated rings. The van der Waals surface area contributed by atoms with Crippen molar-refractivity contribution in [1.82, 2.24) is 9.78 Å². The summed E-state index contributed by atoms with van der Waals surface area (Å²) in [6, 6.07) is 7.95. The summed E-state index contributed by atoms with van der Waals surface area (Å²) < 4.78 is 1.54. The van der Waals surface area contributed by atoms with Crippen LogP contribution in [-0.4, -0.2) is 20.9 Å². The first-order chi connectivity index (χ1) is 8.06. The van der Waals surface area contributed by atoms with Crippen molar-refractivity contribution < 1.29 is 9.90 Å². The Morgan fingerprint density at radius 3 is 2.88 bits per heavy atom. The molecule has 88 valence electrons. The highest BCUT2D eigenvalue weighted by atomic mass is 16.4. The van der Waals surface area contributed by atoms with Gasteiger partial charge in [-0.05, 0) is 12.5 Å². The second-order valence-corrected chi connectivity index (χ2v) is 3.92. The standard InChI is InChI=1S/C12H13N3O2/c1-8-3-2-4-9(5-8)6-15-7-10(12(16)17)11(13)14-15/h2-5,7H,6H2,1H3,(H2,13,14)(H,16,17). The van der Waals surface area contributed by atoms with Gasteiger partial charge in [-0.2, -0.15) is 5.10 Å². The Morgan fingerprint density at radius 1 is 1.53 bits per heavy atom. The molecule has 5 nitrogen and oxygen atoms in total. The average Bonchev–Trinajstić information content (AvgIpc) is 2.59. The van der Waals surface area contributed by atoms with Crippen molar-refractivity contribution in [3.63, 3.8) is 0 Å². The Morgan fingerprint density at radius 2 is 2.29 bits per heavy atom. The van der Waals surface area contributed by atoms with E-state index in [2.05, 4.69) is 5.10 Å². The van der Waals surface area contributed by atoms with Crippen LogP contribution in [0.3, 0.4) is 0 Å². The number of nitrogens with two attached hydrogens (primary N) is 1. The van der Waals surface area contributed by atoms with E-state index in [-0.39, 0.29) is 11.4 Å². The third-order valence-corrected chi connectivity index (χ3v) is 2.45. The van der Waals surface area contributed by atoms with Crippen LogP contribution in [0.1, 0.15) is 21.5 Å². The summed E-state index contributed by atoms with van der Waals surface area (Å²) >= 11 is 0. The molecular weight excluding hydrogens is 218 g/mol. The summed E-state index contributed by atoms with van der Waals surface area (Å²) in [4.78, 5) is 10.8. The van der Waals surface area contributed by atoms with E-state index >= 15 is 0 Å². The molecule has 0 aliphatic carbocycles. The van der Waals surface area contributed by atoms with Gasteiger partial charge in [0.25, 0.3) is 0 Å². The van der Waals surface area contributed by atoms with Crippen molar-refractivity contribution in [2.75, 3.05) is 5.73 Å². The first-order valence-corrected chi connectivity index (χ1v) is 5.18. The maximum absolute atomic E-state index is 10.8. The molecule has 0 aliphatic rings. The van der Waals surface area contributed by atoms with E-state index in [4.69, 9.17) is 10.8 Å². The van der Waals surface area contributed by atoms with Crippen LogP contribution >= 0.6 is 0 Å². The molecule has 0 aliphatic heterocycles. The zero-order valence-electron chi connectivity index (χ0n) is 9.42. The third kappa shape index (κ3) is 2.44. The van der Waals surface area contributed by atoms with Gasteiger partial charge in [0.05, 0.1) is 6.54 Å². The van der Waals surface area contributed by atoms with Crippen molar-refractivity contribution >= 4 is 11.8 Å². The maximum Gasteiger partial charge on any atom is 0.341 e. The Hall–Kier alpha value is -2.30. The number of rotatable bonds is 3. The molecule has 1 aromatic carbocycles. The smallest absolute Gasteiger partial charge is 0.341 e. The second-order valence-electron chi connectivity index (χ2n) is 3.92. The molecule has 2 aromatic rings. The molecule has 5 heteroatoms. The van der Waals surface area contributed by atoms with Gasteiger partial charge in [0.1, 0.15) is 5.56 Å². The highest BCUT2D eigenvalue weighted by Crippen LogP contribution is 2.11. The molecule has 0 saturated carbocycles. The molecule has 0 unspecified atom stereocenters. The molecule has 0 atom stereocenters. The van der Waals surface area contributed by atoms with Crippen LogP contribution in [0.2, 0.25) is 0 Å². The Bertz CT molecular complexity index is 561. The fourth-order valence-electron chi connectivity index (χ4n) is 1.68. The summed E-state index contributed by atoms with van der Waals surface area (Å²) in [7, 11) is 0. The van der Waals surface area contributed by atoms with Crippen LogP contribution in [0.4, 0.5) is 5.82 Å². The number of benzene rings is 1. The monoisotopic (exact) mass is 231 g/mol. The number of anilines is 1. The molecule has 1 heterocycles. The summed E-state index contributed by atoms with van der Waals surface area (Å²) in [5.41, 5.74) is 7.77. The van der Waals surface area contributed by atoms with Crippen molar-refractivity contribution in [2.24, 2.45) is 0 Å². The lowest BCUT2D eigenvalue weighted by Gasteiger charge is -2.02. The van der Waals surface area contributed by atoms with Gasteiger partial charge >= 0.3 is 5.97 Å². The topological polar surface area (TPSA) is 81.1 Å². The van der Waals surface area contributed by atoms with Crippen molar-refractivity contribution in [1.29, 1.82) is 0 Å². The number of nitrogens with zero attached hydrogens (tertiary/aromatic N) is 2. The van der Waals surface area contributed by atoms with Gasteiger partial charge < -0.3 is 10.8 Å². The summed E-state index contributed by atoms with van der Waals surface area (Å²) in [5, 5.41) is 12.8. The first-order valence-electron chi connectivity index (χ1n) is 5.18. The van der Waals surface area contributed by atoms with Crippen LogP contribution in [0.25, 0.3) is 0 Å². The van der Waals surface area contributed by atoms with Crippen LogP contribution in [0.5, 0.6) is 0 Å². The van der Waals surface area contributed by atoms with E-state index in [1.54, 1.807) is 0 Å². The number of aromatic carboxylic acids is 1. The van der Waals surface area contributed by atoms with E-state index < -0.39 is 5.97 Å². The SMILES string of the molecule is Cc1cccc(Cn2cc(C(=O)O)c(N)n2)c1. The van der Waals surface area contributed by atoms with E-state index in [0.29, 0.717) is 6.54 Å². The van der Waals surface area contributed by atoms with Gasteiger partial charge in [0, 0.05) is 6.20 Å². The molecule has 3 N–H and O–H groups in total. The number of aromatic nitrogens is 2. The van der Waals surface area contributed by atoms with Gasteiger partial charge in [-0.3, -0.25) is 4.68 Å². The van der Waals surface area contributed by atoms with Gasteiger partial charge in [0.2, 0.25) is 0 Å². The van der Waals surface area contributed by atoms with Gasteiger partial charge in [-0.25, -0.2) is 4.79 Å². The van der Waals surface area contributed by atoms with Crippen LogP contribution in [0, 0.1) is 6.92 Å². The molecule has 17 heavy (non-hydrogen) atoms. The normalized spacial score (nSPS) is 10.4. The minimum absolute atomic E-state index is 0.0395. The van der Waals surface area contributed by atoms with Crippen molar-refractivity contribution in [3.8, 4) is 0 Å². The number of aryl methyl sites for hydroxylation is 1. The fourth-order valence-corrected chi connectivity index (χ4v) is 1.68. The van der Waals surface area contributed by atoms with Crippen molar-refractivity contribution in [2.45, 2.75) is 13.5 Å². The van der Waals surface area contributed by atoms with E-state index in [0.717, 1.165) is 11.1 Å². The van der Waals surface area contributed by atoms with Gasteiger partial charge in [-0.1, -0.05) is 29.8 Å². The average molecular weight is 231 g/mol. The van der Waals surface area contributed by atoms with E-state index in [9.17, 15) is 4.79 Å². The van der Waals surface area contributed by atoms with Gasteiger partial charge in [-0.15, -0.1) is 0 Å². The minimum atomic E-state index is -1.06. The maximum atomic E-state index is 10.8. The Kier molecular flexibility index (Phi) is 2.82. The quantitative estimate of drug-likeness (QED) is 0.839. The van der Waals surface area contributed by atoms with Gasteiger partial charge in [0.15, 0.2) is 5.82 Å². The lowest BCUT2D eigenvalue weighted by molar-refractivity contribution is 0.0698. The minimum Gasteiger partial charge on any atom is -0.477 e. The molecule has 0 amide bonds. The number of nitrogen functional groups attached to an aromatic ring is 1. The Labute approximate surface area is 98.5 Å². The summed E-state index contributed by atoms with van der Waals surface area (Å²) in [6.07, 6.45) is 1.44. The zero-order valence-corrected chi connectivity index (χ0v) is 9.42. The zero-order chi connectivity index (χ0) is 12.4. The number of carboxylic acids is 1. The van der Waals surface area contributed by atoms with Crippen LogP contribution in [-0.2, 0) is 6.54 Å². The highest BCUT2D eigenvalue weighted by Gasteiger charge is 2.12. The molecular formula is C12H13N3O2.